The fourth-order valence-electron chi connectivity index (χ4n) is 3.14. The molecule has 2 heterocycles. The van der Waals surface area contributed by atoms with Crippen molar-refractivity contribution < 1.29 is 19.6 Å². The summed E-state index contributed by atoms with van der Waals surface area (Å²) in [6.07, 6.45) is 7.66. The van der Waals surface area contributed by atoms with E-state index in [9.17, 15) is 19.6 Å². The first-order valence-corrected chi connectivity index (χ1v) is 11.1. The van der Waals surface area contributed by atoms with Crippen LogP contribution in [-0.2, 0) is 17.6 Å². The Morgan fingerprint density at radius 3 is 2.53 bits per heavy atom. The molecule has 0 spiro atoms. The molecule has 2 amide bonds. The summed E-state index contributed by atoms with van der Waals surface area (Å²) in [5.74, 6) is -1.96. The summed E-state index contributed by atoms with van der Waals surface area (Å²) in [6, 6.07) is 8.84. The molecule has 32 heavy (non-hydrogen) atoms. The van der Waals surface area contributed by atoms with Gasteiger partial charge in [-0.15, -0.1) is 11.3 Å². The maximum Gasteiger partial charge on any atom is 0.475 e. The lowest BCUT2D eigenvalue weighted by molar-refractivity contribution is -0.123. The van der Waals surface area contributed by atoms with Crippen LogP contribution >= 0.6 is 11.3 Å². The van der Waals surface area contributed by atoms with Crippen LogP contribution in [0.5, 0.6) is 0 Å². The molecule has 11 heteroatoms. The first-order chi connectivity index (χ1) is 15.5. The van der Waals surface area contributed by atoms with E-state index in [1.807, 2.05) is 30.3 Å². The third kappa shape index (κ3) is 7.22. The molecular formula is C21H24BN5O4S. The van der Waals surface area contributed by atoms with E-state index in [2.05, 4.69) is 25.6 Å². The van der Waals surface area contributed by atoms with Gasteiger partial charge < -0.3 is 20.7 Å². The molecule has 166 valence electrons. The first-order valence-electron chi connectivity index (χ1n) is 10.2. The van der Waals surface area contributed by atoms with Crippen molar-refractivity contribution in [2.45, 2.75) is 37.7 Å². The normalized spacial score (nSPS) is 12.6. The zero-order valence-electron chi connectivity index (χ0n) is 17.3. The van der Waals surface area contributed by atoms with Gasteiger partial charge in [0.15, 0.2) is 0 Å². The fraction of sp³-hybridized carbons (Fsp3) is 0.286. The van der Waals surface area contributed by atoms with Crippen LogP contribution in [0.15, 0.2) is 60.5 Å². The Labute approximate surface area is 190 Å². The van der Waals surface area contributed by atoms with Crippen molar-refractivity contribution in [2.24, 2.45) is 0 Å². The minimum Gasteiger partial charge on any atom is -0.426 e. The van der Waals surface area contributed by atoms with Crippen molar-refractivity contribution >= 4 is 30.3 Å². The Morgan fingerprint density at radius 2 is 1.88 bits per heavy atom. The minimum absolute atomic E-state index is 0.0750. The van der Waals surface area contributed by atoms with Gasteiger partial charge in [-0.05, 0) is 24.8 Å². The van der Waals surface area contributed by atoms with Crippen molar-refractivity contribution in [3.8, 4) is 0 Å². The van der Waals surface area contributed by atoms with Gasteiger partial charge in [0.1, 0.15) is 11.7 Å². The molecule has 0 saturated carbocycles. The lowest BCUT2D eigenvalue weighted by Crippen LogP contribution is -2.54. The van der Waals surface area contributed by atoms with Gasteiger partial charge in [0.05, 0.1) is 17.1 Å². The Bertz CT molecular complexity index is 976. The second-order valence-electron chi connectivity index (χ2n) is 7.15. The summed E-state index contributed by atoms with van der Waals surface area (Å²) in [5.41, 5.74) is 1.20. The highest BCUT2D eigenvalue weighted by Gasteiger charge is 2.30. The number of thiazole rings is 1. The minimum atomic E-state index is -1.73. The van der Waals surface area contributed by atoms with E-state index in [0.717, 1.165) is 12.0 Å². The highest BCUT2D eigenvalue weighted by Crippen LogP contribution is 2.11. The Balaban J connectivity index is 1.64. The molecule has 0 aliphatic rings. The molecular weight excluding hydrogens is 429 g/mol. The SMILES string of the molecule is O=C(NC(Cc1nccs1)C(=O)N[C@@H](CCCc1ccccc1)B(O)O)c1cnccn1. The Hall–Kier alpha value is -3.15. The monoisotopic (exact) mass is 453 g/mol. The number of nitrogens with zero attached hydrogens (tertiary/aromatic N) is 3. The average Bonchev–Trinajstić information content (AvgIpc) is 3.32. The highest BCUT2D eigenvalue weighted by atomic mass is 32.1. The third-order valence-electron chi connectivity index (χ3n) is 4.79. The van der Waals surface area contributed by atoms with Gasteiger partial charge >= 0.3 is 7.12 Å². The summed E-state index contributed by atoms with van der Waals surface area (Å²) < 4.78 is 0. The molecule has 0 radical (unpaired) electrons. The number of carbonyl (C=O) groups is 2. The Kier molecular flexibility index (Phi) is 8.84. The van der Waals surface area contributed by atoms with E-state index in [1.54, 1.807) is 11.6 Å². The topological polar surface area (TPSA) is 137 Å². The van der Waals surface area contributed by atoms with Crippen LogP contribution in [0, 0.1) is 0 Å². The lowest BCUT2D eigenvalue weighted by atomic mass is 9.76. The molecule has 4 N–H and O–H groups in total. The lowest BCUT2D eigenvalue weighted by Gasteiger charge is -2.22. The number of hydrogen-bond acceptors (Lipinski definition) is 8. The number of hydrogen-bond donors (Lipinski definition) is 4. The molecule has 9 nitrogen and oxygen atoms in total. The number of amides is 2. The van der Waals surface area contributed by atoms with Crippen molar-refractivity contribution in [3.63, 3.8) is 0 Å². The van der Waals surface area contributed by atoms with Gasteiger partial charge in [-0.3, -0.25) is 14.6 Å². The largest absolute Gasteiger partial charge is 0.475 e. The number of carbonyl (C=O) groups excluding carboxylic acids is 2. The van der Waals surface area contributed by atoms with E-state index in [4.69, 9.17) is 0 Å². The van der Waals surface area contributed by atoms with Gasteiger partial charge in [0.2, 0.25) is 5.91 Å². The summed E-state index contributed by atoms with van der Waals surface area (Å²) >= 11 is 1.36. The van der Waals surface area contributed by atoms with Gasteiger partial charge in [-0.2, -0.15) is 0 Å². The summed E-state index contributed by atoms with van der Waals surface area (Å²) in [7, 11) is -1.73. The van der Waals surface area contributed by atoms with Crippen LogP contribution in [0.4, 0.5) is 0 Å². The average molecular weight is 453 g/mol. The molecule has 0 aliphatic heterocycles. The predicted octanol–water partition coefficient (Wildman–Crippen LogP) is 0.794. The van der Waals surface area contributed by atoms with E-state index >= 15 is 0 Å². The van der Waals surface area contributed by atoms with Gasteiger partial charge in [0, 0.05) is 30.4 Å². The number of rotatable bonds is 11. The molecule has 2 atom stereocenters. The highest BCUT2D eigenvalue weighted by molar-refractivity contribution is 7.09. The Morgan fingerprint density at radius 1 is 1.06 bits per heavy atom. The number of aromatic nitrogens is 3. The summed E-state index contributed by atoms with van der Waals surface area (Å²) in [4.78, 5) is 37.5. The van der Waals surface area contributed by atoms with E-state index < -0.39 is 30.9 Å². The second kappa shape index (κ2) is 12.0. The zero-order chi connectivity index (χ0) is 22.8. The molecule has 0 bridgehead atoms. The first kappa shape index (κ1) is 23.5. The molecule has 2 aromatic heterocycles. The fourth-order valence-corrected chi connectivity index (χ4v) is 3.80. The van der Waals surface area contributed by atoms with Crippen LogP contribution in [-0.4, -0.2) is 55.9 Å². The van der Waals surface area contributed by atoms with Crippen LogP contribution < -0.4 is 10.6 Å². The zero-order valence-corrected chi connectivity index (χ0v) is 18.1. The molecule has 3 aromatic rings. The van der Waals surface area contributed by atoms with Gasteiger partial charge in [-0.1, -0.05) is 30.3 Å². The third-order valence-corrected chi connectivity index (χ3v) is 5.59. The number of nitrogens with one attached hydrogen (secondary N) is 2. The van der Waals surface area contributed by atoms with Crippen molar-refractivity contribution in [2.75, 3.05) is 0 Å². The maximum atomic E-state index is 13.0. The second-order valence-corrected chi connectivity index (χ2v) is 8.13. The molecule has 0 aliphatic carbocycles. The van der Waals surface area contributed by atoms with Crippen molar-refractivity contribution in [3.05, 3.63) is 76.8 Å². The predicted molar refractivity (Wildman–Crippen MR) is 121 cm³/mol. The van der Waals surface area contributed by atoms with E-state index in [-0.39, 0.29) is 12.1 Å². The van der Waals surface area contributed by atoms with Gasteiger partial charge in [-0.25, -0.2) is 9.97 Å². The smallest absolute Gasteiger partial charge is 0.426 e. The quantitative estimate of drug-likeness (QED) is 0.315. The van der Waals surface area contributed by atoms with Gasteiger partial charge in [0.25, 0.3) is 5.91 Å². The molecule has 0 fully saturated rings. The standard InChI is InChI=1S/C21H24BN5O4S/c28-20(27-18(22(30)31)8-4-7-15-5-2-1-3-6-15)16(13-19-25-11-12-32-19)26-21(29)17-14-23-9-10-24-17/h1-3,5-6,9-12,14,16,18,30-31H,4,7-8,13H2,(H,26,29)(H,27,28)/t16?,18-/m0/s1. The van der Waals surface area contributed by atoms with Crippen molar-refractivity contribution in [1.82, 2.24) is 25.6 Å². The number of aryl methyl sites for hydroxylation is 1. The van der Waals surface area contributed by atoms with Crippen LogP contribution in [0.2, 0.25) is 0 Å². The van der Waals surface area contributed by atoms with Crippen molar-refractivity contribution in [1.29, 1.82) is 0 Å². The van der Waals surface area contributed by atoms with E-state index in [1.165, 1.54) is 29.9 Å². The molecule has 1 unspecified atom stereocenters. The van der Waals surface area contributed by atoms with Crippen LogP contribution in [0.1, 0.15) is 33.9 Å². The van der Waals surface area contributed by atoms with Crippen LogP contribution in [0.3, 0.4) is 0 Å². The van der Waals surface area contributed by atoms with E-state index in [0.29, 0.717) is 17.8 Å². The maximum absolute atomic E-state index is 13.0. The number of benzene rings is 1. The molecule has 0 saturated heterocycles. The molecule has 3 rings (SSSR count). The summed E-state index contributed by atoms with van der Waals surface area (Å²) in [6.45, 7) is 0. The molecule has 1 aromatic carbocycles. The van der Waals surface area contributed by atoms with Crippen LogP contribution in [0.25, 0.3) is 0 Å². The summed E-state index contributed by atoms with van der Waals surface area (Å²) in [5, 5.41) is 27.3.